The van der Waals surface area contributed by atoms with E-state index in [4.69, 9.17) is 9.47 Å². The van der Waals surface area contributed by atoms with Crippen LogP contribution in [0.1, 0.15) is 51.9 Å². The summed E-state index contributed by atoms with van der Waals surface area (Å²) in [5, 5.41) is 3.42. The van der Waals surface area contributed by atoms with Gasteiger partial charge in [-0.3, -0.25) is 0 Å². The summed E-state index contributed by atoms with van der Waals surface area (Å²) < 4.78 is 11.3. The Hall–Kier alpha value is -0.120. The van der Waals surface area contributed by atoms with Gasteiger partial charge in [0.15, 0.2) is 0 Å². The molecule has 0 aliphatic carbocycles. The van der Waals surface area contributed by atoms with Crippen molar-refractivity contribution in [2.75, 3.05) is 32.9 Å². The number of hydrogen-bond donors (Lipinski definition) is 1. The van der Waals surface area contributed by atoms with Crippen LogP contribution in [0.25, 0.3) is 0 Å². The van der Waals surface area contributed by atoms with Crippen LogP contribution in [0.15, 0.2) is 0 Å². The van der Waals surface area contributed by atoms with Crippen molar-refractivity contribution < 1.29 is 9.47 Å². The van der Waals surface area contributed by atoms with Crippen molar-refractivity contribution in [2.24, 2.45) is 0 Å². The van der Waals surface area contributed by atoms with E-state index in [0.29, 0.717) is 6.10 Å². The van der Waals surface area contributed by atoms with Crippen LogP contribution in [0.4, 0.5) is 0 Å². The van der Waals surface area contributed by atoms with Gasteiger partial charge < -0.3 is 14.8 Å². The summed E-state index contributed by atoms with van der Waals surface area (Å²) in [4.78, 5) is 0. The second-order valence-corrected chi connectivity index (χ2v) is 4.87. The van der Waals surface area contributed by atoms with E-state index in [1.807, 2.05) is 0 Å². The number of nitrogens with one attached hydrogen (secondary N) is 1. The molecule has 0 radical (unpaired) electrons. The first-order valence-corrected chi connectivity index (χ1v) is 7.33. The van der Waals surface area contributed by atoms with E-state index in [0.717, 1.165) is 32.9 Å². The quantitative estimate of drug-likeness (QED) is 0.598. The first-order valence-electron chi connectivity index (χ1n) is 7.33. The number of unbranched alkanes of at least 4 members (excludes halogenated alkanes) is 2. The summed E-state index contributed by atoms with van der Waals surface area (Å²) in [5.41, 5.74) is 0. The minimum absolute atomic E-state index is 0.370. The van der Waals surface area contributed by atoms with Crippen molar-refractivity contribution in [3.63, 3.8) is 0 Å². The molecule has 1 unspecified atom stereocenters. The minimum atomic E-state index is 0.370. The van der Waals surface area contributed by atoms with Gasteiger partial charge in [0, 0.05) is 13.2 Å². The SMILES string of the molecule is CCCNCCCCCOCC1CCCCO1. The van der Waals surface area contributed by atoms with Gasteiger partial charge in [0.05, 0.1) is 12.7 Å². The Morgan fingerprint density at radius 2 is 2.12 bits per heavy atom. The zero-order chi connectivity index (χ0) is 12.2. The summed E-state index contributed by atoms with van der Waals surface area (Å²) >= 11 is 0. The summed E-state index contributed by atoms with van der Waals surface area (Å²) in [7, 11) is 0. The van der Waals surface area contributed by atoms with Crippen LogP contribution in [0.3, 0.4) is 0 Å². The van der Waals surface area contributed by atoms with E-state index in [9.17, 15) is 0 Å². The van der Waals surface area contributed by atoms with Crippen LogP contribution in [0.5, 0.6) is 0 Å². The molecule has 17 heavy (non-hydrogen) atoms. The van der Waals surface area contributed by atoms with Crippen molar-refractivity contribution in [3.8, 4) is 0 Å². The lowest BCUT2D eigenvalue weighted by Crippen LogP contribution is -2.24. The zero-order valence-electron chi connectivity index (χ0n) is 11.4. The molecule has 3 nitrogen and oxygen atoms in total. The Morgan fingerprint density at radius 1 is 1.18 bits per heavy atom. The molecule has 1 rings (SSSR count). The van der Waals surface area contributed by atoms with E-state index in [2.05, 4.69) is 12.2 Å². The largest absolute Gasteiger partial charge is 0.379 e. The second kappa shape index (κ2) is 11.0. The molecule has 1 N–H and O–H groups in total. The summed E-state index contributed by atoms with van der Waals surface area (Å²) in [5.74, 6) is 0. The zero-order valence-corrected chi connectivity index (χ0v) is 11.4. The Balaban J connectivity index is 1.75. The predicted octanol–water partition coefficient (Wildman–Crippen LogP) is 2.74. The Bertz CT molecular complexity index is 158. The molecule has 0 saturated carbocycles. The molecule has 1 fully saturated rings. The Kier molecular flexibility index (Phi) is 9.66. The molecule has 3 heteroatoms. The Morgan fingerprint density at radius 3 is 2.88 bits per heavy atom. The smallest absolute Gasteiger partial charge is 0.0808 e. The van der Waals surface area contributed by atoms with E-state index in [1.54, 1.807) is 0 Å². The molecule has 1 aliphatic heterocycles. The monoisotopic (exact) mass is 243 g/mol. The molecule has 0 spiro atoms. The second-order valence-electron chi connectivity index (χ2n) is 4.87. The molecule has 0 bridgehead atoms. The van der Waals surface area contributed by atoms with Gasteiger partial charge in [-0.15, -0.1) is 0 Å². The van der Waals surface area contributed by atoms with Crippen LogP contribution in [0, 0.1) is 0 Å². The van der Waals surface area contributed by atoms with Crippen LogP contribution in [0.2, 0.25) is 0 Å². The lowest BCUT2D eigenvalue weighted by Gasteiger charge is -2.22. The fourth-order valence-electron chi connectivity index (χ4n) is 2.09. The predicted molar refractivity (Wildman–Crippen MR) is 71.4 cm³/mol. The van der Waals surface area contributed by atoms with Crippen LogP contribution >= 0.6 is 0 Å². The average Bonchev–Trinajstić information content (AvgIpc) is 2.38. The lowest BCUT2D eigenvalue weighted by molar-refractivity contribution is -0.0411. The van der Waals surface area contributed by atoms with Crippen molar-refractivity contribution in [1.82, 2.24) is 5.32 Å². The fourth-order valence-corrected chi connectivity index (χ4v) is 2.09. The van der Waals surface area contributed by atoms with Crippen molar-refractivity contribution in [3.05, 3.63) is 0 Å². The van der Waals surface area contributed by atoms with Gasteiger partial charge in [-0.1, -0.05) is 6.92 Å². The maximum atomic E-state index is 5.66. The van der Waals surface area contributed by atoms with Gasteiger partial charge in [-0.25, -0.2) is 0 Å². The molecular weight excluding hydrogens is 214 g/mol. The third-order valence-corrected chi connectivity index (χ3v) is 3.15. The highest BCUT2D eigenvalue weighted by Crippen LogP contribution is 2.12. The third-order valence-electron chi connectivity index (χ3n) is 3.15. The Labute approximate surface area is 106 Å². The highest BCUT2D eigenvalue weighted by Gasteiger charge is 2.13. The van der Waals surface area contributed by atoms with E-state index < -0.39 is 0 Å². The van der Waals surface area contributed by atoms with Gasteiger partial charge in [0.1, 0.15) is 0 Å². The standard InChI is InChI=1S/C14H29NO2/c1-2-9-15-10-5-3-6-11-16-13-14-8-4-7-12-17-14/h14-15H,2-13H2,1H3. The minimum Gasteiger partial charge on any atom is -0.379 e. The molecule has 1 atom stereocenters. The molecule has 1 aliphatic rings. The highest BCUT2D eigenvalue weighted by molar-refractivity contribution is 4.62. The normalized spacial score (nSPS) is 20.6. The van der Waals surface area contributed by atoms with Crippen molar-refractivity contribution in [2.45, 2.75) is 58.0 Å². The molecule has 1 heterocycles. The number of ether oxygens (including phenoxy) is 2. The maximum absolute atomic E-state index is 5.66. The van der Waals surface area contributed by atoms with Gasteiger partial charge in [0.2, 0.25) is 0 Å². The van der Waals surface area contributed by atoms with Gasteiger partial charge in [0.25, 0.3) is 0 Å². The summed E-state index contributed by atoms with van der Waals surface area (Å²) in [6.07, 6.45) is 9.02. The van der Waals surface area contributed by atoms with Gasteiger partial charge in [-0.2, -0.15) is 0 Å². The molecular formula is C14H29NO2. The molecule has 0 aromatic heterocycles. The van der Waals surface area contributed by atoms with E-state index >= 15 is 0 Å². The van der Waals surface area contributed by atoms with Crippen LogP contribution in [-0.4, -0.2) is 39.0 Å². The summed E-state index contributed by atoms with van der Waals surface area (Å²) in [6.45, 7) is 7.13. The van der Waals surface area contributed by atoms with Crippen molar-refractivity contribution >= 4 is 0 Å². The van der Waals surface area contributed by atoms with Gasteiger partial charge in [-0.05, 0) is 58.0 Å². The van der Waals surface area contributed by atoms with Crippen LogP contribution in [-0.2, 0) is 9.47 Å². The number of rotatable bonds is 10. The first-order chi connectivity index (χ1) is 8.43. The van der Waals surface area contributed by atoms with Crippen molar-refractivity contribution in [1.29, 1.82) is 0 Å². The first kappa shape index (κ1) is 14.9. The third kappa shape index (κ3) is 8.58. The lowest BCUT2D eigenvalue weighted by atomic mass is 10.1. The molecule has 102 valence electrons. The van der Waals surface area contributed by atoms with Crippen LogP contribution < -0.4 is 5.32 Å². The highest BCUT2D eigenvalue weighted by atomic mass is 16.5. The summed E-state index contributed by atoms with van der Waals surface area (Å²) in [6, 6.07) is 0. The molecule has 0 aromatic rings. The fraction of sp³-hybridized carbons (Fsp3) is 1.00. The van der Waals surface area contributed by atoms with Gasteiger partial charge >= 0.3 is 0 Å². The number of hydrogen-bond acceptors (Lipinski definition) is 3. The molecule has 0 aromatic carbocycles. The maximum Gasteiger partial charge on any atom is 0.0808 e. The topological polar surface area (TPSA) is 30.5 Å². The average molecular weight is 243 g/mol. The van der Waals surface area contributed by atoms with E-state index in [-0.39, 0.29) is 0 Å². The molecule has 0 amide bonds. The molecule has 1 saturated heterocycles. The van der Waals surface area contributed by atoms with E-state index in [1.165, 1.54) is 44.9 Å².